The van der Waals surface area contributed by atoms with Crippen LogP contribution in [0.1, 0.15) is 65.0 Å². The summed E-state index contributed by atoms with van der Waals surface area (Å²) in [7, 11) is 0. The number of nitrogens with one attached hydrogen (secondary N) is 1. The van der Waals surface area contributed by atoms with Gasteiger partial charge in [0.15, 0.2) is 0 Å². The molecule has 0 aromatic carbocycles. The highest BCUT2D eigenvalue weighted by Gasteiger charge is 2.18. The Hall–Kier alpha value is -1.96. The first-order valence-corrected chi connectivity index (χ1v) is 10.1. The summed E-state index contributed by atoms with van der Waals surface area (Å²) in [5, 5.41) is 17.9. The quantitative estimate of drug-likeness (QED) is 0.303. The number of nitrogens with zero attached hydrogens (tertiary/aromatic N) is 4. The van der Waals surface area contributed by atoms with Gasteiger partial charge >= 0.3 is 5.69 Å². The zero-order valence-corrected chi connectivity index (χ0v) is 17.2. The van der Waals surface area contributed by atoms with E-state index in [9.17, 15) is 14.9 Å². The minimum absolute atomic E-state index is 0.00924. The summed E-state index contributed by atoms with van der Waals surface area (Å²) in [6, 6.07) is 0.0207. The van der Waals surface area contributed by atoms with Crippen molar-refractivity contribution in [2.24, 2.45) is 0 Å². The molecule has 0 aliphatic rings. The first kappa shape index (κ1) is 23.1. The summed E-state index contributed by atoms with van der Waals surface area (Å²) in [5.74, 6) is -0.179. The molecular weight excluding hydrogens is 346 g/mol. The number of carbonyl (C=O) groups excluding carboxylic acids is 1. The molecule has 1 aromatic rings. The SMILES string of the molecule is CCCCCN(CCCCC)CC(C)NC(=O)Cn1cc([N+](=O)[O-])c(C)n1. The number of hydrogen-bond donors (Lipinski definition) is 1. The third-order valence-corrected chi connectivity index (χ3v) is 4.52. The van der Waals surface area contributed by atoms with Crippen molar-refractivity contribution >= 4 is 11.6 Å². The predicted molar refractivity (Wildman–Crippen MR) is 107 cm³/mol. The molecule has 0 saturated carbocycles. The molecule has 1 atom stereocenters. The lowest BCUT2D eigenvalue weighted by molar-refractivity contribution is -0.385. The van der Waals surface area contributed by atoms with E-state index in [2.05, 4.69) is 29.2 Å². The Bertz CT molecular complexity index is 578. The lowest BCUT2D eigenvalue weighted by Gasteiger charge is -2.26. The zero-order chi connectivity index (χ0) is 20.2. The molecule has 1 amide bonds. The van der Waals surface area contributed by atoms with Crippen LogP contribution in [0.25, 0.3) is 0 Å². The van der Waals surface area contributed by atoms with Crippen molar-refractivity contribution in [2.45, 2.75) is 78.8 Å². The van der Waals surface area contributed by atoms with Gasteiger partial charge in [0, 0.05) is 12.6 Å². The fraction of sp³-hybridized carbons (Fsp3) is 0.789. The molecule has 0 aliphatic heterocycles. The molecule has 8 heteroatoms. The van der Waals surface area contributed by atoms with Gasteiger partial charge < -0.3 is 10.2 Å². The Morgan fingerprint density at radius 3 is 2.33 bits per heavy atom. The van der Waals surface area contributed by atoms with Crippen molar-refractivity contribution in [3.8, 4) is 0 Å². The third kappa shape index (κ3) is 8.99. The Kier molecular flexibility index (Phi) is 10.6. The standard InChI is InChI=1S/C19H35N5O3/c1-5-7-9-11-22(12-10-8-6-2)13-16(3)20-19(25)15-23-14-18(24(26)27)17(4)21-23/h14,16H,5-13,15H2,1-4H3,(H,20,25). The van der Waals surface area contributed by atoms with Gasteiger partial charge in [0.25, 0.3) is 0 Å². The lowest BCUT2D eigenvalue weighted by atomic mass is 10.2. The van der Waals surface area contributed by atoms with Crippen LogP contribution in [0.5, 0.6) is 0 Å². The normalized spacial score (nSPS) is 12.3. The molecule has 0 saturated heterocycles. The first-order chi connectivity index (χ1) is 12.9. The molecule has 1 unspecified atom stereocenters. The van der Waals surface area contributed by atoms with Crippen molar-refractivity contribution in [1.29, 1.82) is 0 Å². The van der Waals surface area contributed by atoms with E-state index in [-0.39, 0.29) is 24.2 Å². The van der Waals surface area contributed by atoms with E-state index in [4.69, 9.17) is 0 Å². The second-order valence-electron chi connectivity index (χ2n) is 7.24. The van der Waals surface area contributed by atoms with Crippen LogP contribution in [0, 0.1) is 17.0 Å². The highest BCUT2D eigenvalue weighted by molar-refractivity contribution is 5.76. The molecule has 0 aliphatic carbocycles. The van der Waals surface area contributed by atoms with Gasteiger partial charge in [0.1, 0.15) is 18.4 Å². The van der Waals surface area contributed by atoms with E-state index < -0.39 is 4.92 Å². The Morgan fingerprint density at radius 2 is 1.85 bits per heavy atom. The zero-order valence-electron chi connectivity index (χ0n) is 17.2. The number of aryl methyl sites for hydroxylation is 1. The molecule has 1 N–H and O–H groups in total. The molecule has 0 fully saturated rings. The molecule has 154 valence electrons. The smallest absolute Gasteiger partial charge is 0.309 e. The maximum atomic E-state index is 12.3. The molecule has 8 nitrogen and oxygen atoms in total. The number of carbonyl (C=O) groups is 1. The van der Waals surface area contributed by atoms with Gasteiger partial charge in [-0.1, -0.05) is 39.5 Å². The van der Waals surface area contributed by atoms with Gasteiger partial charge in [0.2, 0.25) is 5.91 Å². The largest absolute Gasteiger partial charge is 0.351 e. The van der Waals surface area contributed by atoms with E-state index in [0.717, 1.165) is 19.6 Å². The average molecular weight is 382 g/mol. The number of nitro groups is 1. The van der Waals surface area contributed by atoms with Crippen LogP contribution in [-0.4, -0.2) is 51.2 Å². The number of unbranched alkanes of at least 4 members (excludes halogenated alkanes) is 4. The van der Waals surface area contributed by atoms with Gasteiger partial charge in [-0.2, -0.15) is 5.10 Å². The van der Waals surface area contributed by atoms with Gasteiger partial charge in [-0.15, -0.1) is 0 Å². The monoisotopic (exact) mass is 381 g/mol. The Labute approximate surface area is 162 Å². The van der Waals surface area contributed by atoms with E-state index in [1.807, 2.05) is 6.92 Å². The van der Waals surface area contributed by atoms with Gasteiger partial charge in [0.05, 0.1) is 4.92 Å². The summed E-state index contributed by atoms with van der Waals surface area (Å²) in [4.78, 5) is 25.1. The molecule has 1 heterocycles. The van der Waals surface area contributed by atoms with Crippen molar-refractivity contribution in [3.63, 3.8) is 0 Å². The van der Waals surface area contributed by atoms with Gasteiger partial charge in [-0.05, 0) is 39.8 Å². The van der Waals surface area contributed by atoms with E-state index >= 15 is 0 Å². The molecule has 0 bridgehead atoms. The van der Waals surface area contributed by atoms with Crippen molar-refractivity contribution < 1.29 is 9.72 Å². The summed E-state index contributed by atoms with van der Waals surface area (Å²) in [6.45, 7) is 10.9. The maximum Gasteiger partial charge on any atom is 0.309 e. The van der Waals surface area contributed by atoms with Crippen molar-refractivity contribution in [3.05, 3.63) is 22.0 Å². The number of aromatic nitrogens is 2. The van der Waals surface area contributed by atoms with Crippen LogP contribution < -0.4 is 5.32 Å². The van der Waals surface area contributed by atoms with E-state index in [1.54, 1.807) is 6.92 Å². The highest BCUT2D eigenvalue weighted by Crippen LogP contribution is 2.14. The van der Waals surface area contributed by atoms with E-state index in [0.29, 0.717) is 5.69 Å². The summed E-state index contributed by atoms with van der Waals surface area (Å²) >= 11 is 0. The highest BCUT2D eigenvalue weighted by atomic mass is 16.6. The second-order valence-corrected chi connectivity index (χ2v) is 7.24. The third-order valence-electron chi connectivity index (χ3n) is 4.52. The first-order valence-electron chi connectivity index (χ1n) is 10.1. The fourth-order valence-corrected chi connectivity index (χ4v) is 3.13. The molecule has 1 rings (SSSR count). The van der Waals surface area contributed by atoms with Crippen LogP contribution in [0.15, 0.2) is 6.20 Å². The minimum atomic E-state index is -0.482. The van der Waals surface area contributed by atoms with Crippen LogP contribution in [-0.2, 0) is 11.3 Å². The lowest BCUT2D eigenvalue weighted by Crippen LogP contribution is -2.43. The van der Waals surface area contributed by atoms with E-state index in [1.165, 1.54) is 49.4 Å². The minimum Gasteiger partial charge on any atom is -0.351 e. The molecule has 27 heavy (non-hydrogen) atoms. The second kappa shape index (κ2) is 12.4. The number of hydrogen-bond acceptors (Lipinski definition) is 5. The summed E-state index contributed by atoms with van der Waals surface area (Å²) < 4.78 is 1.33. The molecule has 1 aromatic heterocycles. The van der Waals surface area contributed by atoms with Gasteiger partial charge in [-0.3, -0.25) is 19.6 Å². The topological polar surface area (TPSA) is 93.3 Å². The molecule has 0 radical (unpaired) electrons. The fourth-order valence-electron chi connectivity index (χ4n) is 3.13. The summed E-state index contributed by atoms with van der Waals surface area (Å²) in [5.41, 5.74) is 0.257. The number of rotatable bonds is 14. The van der Waals surface area contributed by atoms with Gasteiger partial charge in [-0.25, -0.2) is 0 Å². The van der Waals surface area contributed by atoms with Crippen LogP contribution in [0.3, 0.4) is 0 Å². The van der Waals surface area contributed by atoms with Crippen molar-refractivity contribution in [1.82, 2.24) is 20.0 Å². The number of amides is 1. The average Bonchev–Trinajstić information content (AvgIpc) is 2.95. The van der Waals surface area contributed by atoms with Crippen LogP contribution in [0.2, 0.25) is 0 Å². The summed E-state index contributed by atoms with van der Waals surface area (Å²) in [6.07, 6.45) is 8.51. The predicted octanol–water partition coefficient (Wildman–Crippen LogP) is 3.29. The maximum absolute atomic E-state index is 12.3. The van der Waals surface area contributed by atoms with Crippen LogP contribution in [0.4, 0.5) is 5.69 Å². The Balaban J connectivity index is 2.50. The Morgan fingerprint density at radius 1 is 1.26 bits per heavy atom. The molecule has 0 spiro atoms. The van der Waals surface area contributed by atoms with Crippen LogP contribution >= 0.6 is 0 Å². The molecular formula is C19H35N5O3. The van der Waals surface area contributed by atoms with Crippen molar-refractivity contribution in [2.75, 3.05) is 19.6 Å².